The molecule has 3 unspecified atom stereocenters. The Balaban J connectivity index is 0. The first-order valence-electron chi connectivity index (χ1n) is 18.3. The van der Waals surface area contributed by atoms with Crippen LogP contribution in [0, 0.1) is 41.4 Å². The Bertz CT molecular complexity index is 700. The summed E-state index contributed by atoms with van der Waals surface area (Å²) in [5.74, 6) is 9.30. The summed E-state index contributed by atoms with van der Waals surface area (Å²) in [5, 5.41) is 0. The fourth-order valence-corrected chi connectivity index (χ4v) is 7.89. The molecule has 4 rings (SSSR count). The quantitative estimate of drug-likeness (QED) is 0.0824. The first-order chi connectivity index (χ1) is 20.1. The molecule has 6 heteroatoms. The maximum atomic E-state index is 10.3. The monoisotopic (exact) mass is 719 g/mol. The van der Waals surface area contributed by atoms with Crippen LogP contribution in [0.4, 0.5) is 0 Å². The second-order valence-corrected chi connectivity index (χ2v) is 15.7. The number of hydrogen-bond acceptors (Lipinski definition) is 3. The summed E-state index contributed by atoms with van der Waals surface area (Å²) in [7, 11) is -3.99. The number of hydrogen-bond donors (Lipinski definition) is 0. The molecule has 0 N–H and O–H groups in total. The first-order valence-corrected chi connectivity index (χ1v) is 19.9. The van der Waals surface area contributed by atoms with Crippen LogP contribution in [0.2, 0.25) is 0 Å². The van der Waals surface area contributed by atoms with Gasteiger partial charge in [-0.3, -0.25) is 0 Å². The maximum Gasteiger partial charge on any atom is 2.00 e. The normalized spacial score (nSPS) is 24.3. The average Bonchev–Trinajstić information content (AvgIpc) is 3.75. The van der Waals surface area contributed by atoms with Crippen molar-refractivity contribution in [2.24, 2.45) is 17.8 Å². The molecule has 0 aromatic rings. The molecule has 4 aliphatic rings. The zero-order chi connectivity index (χ0) is 31.2. The van der Waals surface area contributed by atoms with Crippen LogP contribution in [0.1, 0.15) is 196 Å². The third kappa shape index (κ3) is 24.1. The minimum absolute atomic E-state index is 0. The van der Waals surface area contributed by atoms with Gasteiger partial charge in [0.15, 0.2) is 0 Å². The van der Waals surface area contributed by atoms with E-state index in [0.29, 0.717) is 12.3 Å². The van der Waals surface area contributed by atoms with Crippen LogP contribution >= 0.6 is 0 Å². The van der Waals surface area contributed by atoms with Crippen molar-refractivity contribution in [3.63, 3.8) is 0 Å². The van der Waals surface area contributed by atoms with Crippen molar-refractivity contribution in [2.75, 3.05) is 5.75 Å². The van der Waals surface area contributed by atoms with Crippen molar-refractivity contribution >= 4 is 10.1 Å². The summed E-state index contributed by atoms with van der Waals surface area (Å²) in [5.41, 5.74) is 0. The van der Waals surface area contributed by atoms with E-state index < -0.39 is 10.1 Å². The fraction of sp³-hybridized carbons (Fsp3) is 0.895. The van der Waals surface area contributed by atoms with E-state index in [2.05, 4.69) is 41.5 Å². The van der Waals surface area contributed by atoms with Gasteiger partial charge in [-0.1, -0.05) is 129 Å². The first kappa shape index (κ1) is 47.1. The Morgan fingerprint density at radius 1 is 0.545 bits per heavy atom. The van der Waals surface area contributed by atoms with Gasteiger partial charge in [0, 0.05) is 5.75 Å². The third-order valence-electron chi connectivity index (χ3n) is 10.4. The minimum Gasteiger partial charge on any atom is -0.748 e. The molecule has 0 aromatic heterocycles. The van der Waals surface area contributed by atoms with Crippen LogP contribution in [0.25, 0.3) is 0 Å². The van der Waals surface area contributed by atoms with Gasteiger partial charge in [-0.2, -0.15) is 77.6 Å². The van der Waals surface area contributed by atoms with Crippen LogP contribution in [-0.2, 0) is 44.3 Å². The van der Waals surface area contributed by atoms with Crippen molar-refractivity contribution in [1.82, 2.24) is 0 Å². The van der Waals surface area contributed by atoms with E-state index in [1.165, 1.54) is 135 Å². The summed E-state index contributed by atoms with van der Waals surface area (Å²) in [6.07, 6.45) is 32.1. The van der Waals surface area contributed by atoms with Gasteiger partial charge < -0.3 is 28.2 Å². The van der Waals surface area contributed by atoms with Gasteiger partial charge in [-0.25, -0.2) is 8.42 Å². The van der Waals surface area contributed by atoms with Gasteiger partial charge in [-0.15, -0.1) is 0 Å². The minimum atomic E-state index is -3.99. The van der Waals surface area contributed by atoms with Crippen molar-refractivity contribution in [3.8, 4) is 0 Å². The van der Waals surface area contributed by atoms with E-state index in [1.54, 1.807) is 23.7 Å². The second kappa shape index (κ2) is 28.9. The van der Waals surface area contributed by atoms with Gasteiger partial charge in [0.1, 0.15) is 0 Å². The van der Waals surface area contributed by atoms with E-state index in [1.807, 2.05) is 0 Å². The summed E-state index contributed by atoms with van der Waals surface area (Å²) in [4.78, 5) is 0. The Morgan fingerprint density at radius 2 is 0.886 bits per heavy atom. The van der Waals surface area contributed by atoms with Crippen molar-refractivity contribution in [2.45, 2.75) is 196 Å². The third-order valence-corrected chi connectivity index (χ3v) is 11.2. The van der Waals surface area contributed by atoms with Crippen LogP contribution < -0.4 is 0 Å². The molecule has 0 heterocycles. The molecular weight excluding hydrogens is 648 g/mol. The Morgan fingerprint density at radius 3 is 1.11 bits per heavy atom. The molecule has 264 valence electrons. The zero-order valence-corrected chi connectivity index (χ0v) is 32.8. The molecular formula is C38H71Fe2O3S-. The van der Waals surface area contributed by atoms with Crippen LogP contribution in [0.5, 0.6) is 0 Å². The predicted molar refractivity (Wildman–Crippen MR) is 183 cm³/mol. The van der Waals surface area contributed by atoms with Crippen molar-refractivity contribution in [3.05, 3.63) is 23.7 Å². The molecule has 44 heavy (non-hydrogen) atoms. The molecule has 4 saturated carbocycles. The molecule has 0 saturated heterocycles. The molecule has 4 fully saturated rings. The summed E-state index contributed by atoms with van der Waals surface area (Å²) in [6, 6.07) is 0. The van der Waals surface area contributed by atoms with Crippen LogP contribution in [0.15, 0.2) is 0 Å². The standard InChI is InChI=1S/2C11H21.C10H19O3S.C6H11.2Fe/c2*1-3-4-5-8-11-9-6-7-10(11)2;1-9-5-4-7-10(9)6-2-3-8-14(11,12)13;1-6-4-2-3-5-6;;/h2*11H,3-9H2,1-2H3;10H,2-8H2,1H3,(H,11,12,13);2-5H2,1H3;;/q4*-1;2*+2/p-1. The van der Waals surface area contributed by atoms with Crippen molar-refractivity contribution in [1.29, 1.82) is 0 Å². The van der Waals surface area contributed by atoms with E-state index in [-0.39, 0.29) is 39.9 Å². The maximum absolute atomic E-state index is 10.3. The van der Waals surface area contributed by atoms with Crippen LogP contribution in [0.3, 0.4) is 0 Å². The largest absolute Gasteiger partial charge is 2.00 e. The average molecular weight is 720 g/mol. The zero-order valence-electron chi connectivity index (χ0n) is 29.7. The topological polar surface area (TPSA) is 57.2 Å². The Kier molecular flexibility index (Phi) is 30.9. The predicted octanol–water partition coefficient (Wildman–Crippen LogP) is 12.2. The molecule has 3 nitrogen and oxygen atoms in total. The molecule has 0 aromatic carbocycles. The molecule has 0 amide bonds. The Labute approximate surface area is 298 Å². The molecule has 3 atom stereocenters. The fourth-order valence-electron chi connectivity index (χ4n) is 7.34. The van der Waals surface area contributed by atoms with Gasteiger partial charge in [0.25, 0.3) is 0 Å². The number of unbranched alkanes of at least 4 members (excludes halogenated alkanes) is 5. The van der Waals surface area contributed by atoms with E-state index >= 15 is 0 Å². The van der Waals surface area contributed by atoms with E-state index in [4.69, 9.17) is 0 Å². The van der Waals surface area contributed by atoms with Gasteiger partial charge in [-0.05, 0) is 6.42 Å². The van der Waals surface area contributed by atoms with E-state index in [9.17, 15) is 13.0 Å². The van der Waals surface area contributed by atoms with Gasteiger partial charge in [0.2, 0.25) is 0 Å². The van der Waals surface area contributed by atoms with Crippen LogP contribution in [-0.4, -0.2) is 18.7 Å². The van der Waals surface area contributed by atoms with E-state index in [0.717, 1.165) is 24.7 Å². The summed E-state index contributed by atoms with van der Waals surface area (Å²) < 4.78 is 31.0. The molecule has 4 aliphatic carbocycles. The molecule has 0 spiro atoms. The summed E-state index contributed by atoms with van der Waals surface area (Å²) >= 11 is 0. The van der Waals surface area contributed by atoms with Gasteiger partial charge in [0.05, 0.1) is 10.1 Å². The van der Waals surface area contributed by atoms with Gasteiger partial charge >= 0.3 is 34.1 Å². The Hall–Kier alpha value is 0.949. The summed E-state index contributed by atoms with van der Waals surface area (Å²) in [6.45, 7) is 13.7. The smallest absolute Gasteiger partial charge is 0.748 e. The second-order valence-electron chi connectivity index (χ2n) is 14.2. The SMILES string of the molecule is CCCCCC1CCC[C-]1C.CCCCCC1CCC[C-]1C.C[C-]1CCCC1.C[C-]1CCCC1CCCCS(=O)(=O)[O-].[Fe+2].[Fe+2]. The molecule has 0 bridgehead atoms. The molecule has 0 aliphatic heterocycles. The molecule has 0 radical (unpaired) electrons. The van der Waals surface area contributed by atoms with Crippen molar-refractivity contribution < 1.29 is 47.1 Å². The number of rotatable bonds is 13.